The molecule has 2 aliphatic rings. The van der Waals surface area contributed by atoms with Crippen molar-refractivity contribution in [1.29, 1.82) is 0 Å². The fraction of sp³-hybridized carbons (Fsp3) is 0.500. The summed E-state index contributed by atoms with van der Waals surface area (Å²) in [6.45, 7) is 2.11. The smallest absolute Gasteiger partial charge is 0.331 e. The fourth-order valence-electron chi connectivity index (χ4n) is 3.31. The molecule has 3 rings (SSSR count). The summed E-state index contributed by atoms with van der Waals surface area (Å²) in [7, 11) is -3.08. The zero-order chi connectivity index (χ0) is 20.1. The van der Waals surface area contributed by atoms with Crippen LogP contribution in [0, 0.1) is 0 Å². The Morgan fingerprint density at radius 3 is 2.43 bits per heavy atom. The highest BCUT2D eigenvalue weighted by Crippen LogP contribution is 2.32. The van der Waals surface area contributed by atoms with Gasteiger partial charge in [-0.15, -0.1) is 0 Å². The molecule has 1 aromatic carbocycles. The van der Waals surface area contributed by atoms with Gasteiger partial charge in [0.15, 0.2) is 16.4 Å². The van der Waals surface area contributed by atoms with Gasteiger partial charge in [-0.2, -0.15) is 0 Å². The Balaban J connectivity index is 1.50. The first kappa shape index (κ1) is 20.4. The van der Waals surface area contributed by atoms with Crippen molar-refractivity contribution in [2.24, 2.45) is 0 Å². The highest BCUT2D eigenvalue weighted by molar-refractivity contribution is 7.91. The van der Waals surface area contributed by atoms with Gasteiger partial charge in [0.25, 0.3) is 5.91 Å². The normalized spacial score (nSPS) is 20.8. The van der Waals surface area contributed by atoms with Gasteiger partial charge in [-0.3, -0.25) is 4.79 Å². The number of carbonyl (C=O) groups excluding carboxylic acids is 2. The number of nitrogens with zero attached hydrogens (tertiary/aromatic N) is 1. The number of esters is 1. The lowest BCUT2D eigenvalue weighted by Crippen LogP contribution is -2.44. The minimum absolute atomic E-state index is 0.000823. The van der Waals surface area contributed by atoms with Crippen molar-refractivity contribution in [3.8, 4) is 5.75 Å². The fourth-order valence-corrected chi connectivity index (χ4v) is 5.03. The summed E-state index contributed by atoms with van der Waals surface area (Å²) < 4.78 is 33.9. The molecule has 1 atom stereocenters. The lowest BCUT2D eigenvalue weighted by molar-refractivity contribution is -0.149. The number of hydrogen-bond acceptors (Lipinski definition) is 6. The molecule has 7 nitrogen and oxygen atoms in total. The molecule has 0 aromatic heterocycles. The van der Waals surface area contributed by atoms with Crippen molar-refractivity contribution in [3.05, 3.63) is 35.9 Å². The zero-order valence-electron chi connectivity index (χ0n) is 15.9. The van der Waals surface area contributed by atoms with Crippen molar-refractivity contribution in [1.82, 2.24) is 4.90 Å². The van der Waals surface area contributed by atoms with Gasteiger partial charge in [0.05, 0.1) is 18.1 Å². The summed E-state index contributed by atoms with van der Waals surface area (Å²) in [5.74, 6) is -0.0778. The molecule has 2 fully saturated rings. The van der Waals surface area contributed by atoms with Crippen molar-refractivity contribution in [3.63, 3.8) is 0 Å². The average Bonchev–Trinajstić information content (AvgIpc) is 3.42. The number of ether oxygens (including phenoxy) is 2. The predicted molar refractivity (Wildman–Crippen MR) is 105 cm³/mol. The third-order valence-electron chi connectivity index (χ3n) is 4.77. The molecule has 1 saturated carbocycles. The molecule has 1 aromatic rings. The van der Waals surface area contributed by atoms with E-state index in [1.807, 2.05) is 19.1 Å². The van der Waals surface area contributed by atoms with E-state index in [4.69, 9.17) is 9.47 Å². The van der Waals surface area contributed by atoms with Gasteiger partial charge in [-0.1, -0.05) is 12.1 Å². The summed E-state index contributed by atoms with van der Waals surface area (Å²) >= 11 is 0. The van der Waals surface area contributed by atoms with E-state index >= 15 is 0 Å². The Bertz CT molecular complexity index is 842. The summed E-state index contributed by atoms with van der Waals surface area (Å²) in [5.41, 5.74) is 0.808. The molecule has 152 valence electrons. The van der Waals surface area contributed by atoms with Gasteiger partial charge in [-0.05, 0) is 50.0 Å². The molecule has 0 N–H and O–H groups in total. The van der Waals surface area contributed by atoms with Crippen LogP contribution in [0.25, 0.3) is 6.08 Å². The lowest BCUT2D eigenvalue weighted by Gasteiger charge is -2.28. The molecular weight excluding hydrogens is 382 g/mol. The van der Waals surface area contributed by atoms with Gasteiger partial charge < -0.3 is 14.4 Å². The largest absolute Gasteiger partial charge is 0.494 e. The maximum atomic E-state index is 12.5. The molecule has 0 radical (unpaired) electrons. The first-order valence-corrected chi connectivity index (χ1v) is 11.3. The molecule has 8 heteroatoms. The van der Waals surface area contributed by atoms with Gasteiger partial charge in [0.2, 0.25) is 0 Å². The number of benzene rings is 1. The zero-order valence-corrected chi connectivity index (χ0v) is 16.7. The highest BCUT2D eigenvalue weighted by Gasteiger charge is 2.42. The highest BCUT2D eigenvalue weighted by atomic mass is 32.2. The Hall–Kier alpha value is -2.35. The first-order chi connectivity index (χ1) is 13.4. The van der Waals surface area contributed by atoms with Crippen LogP contribution < -0.4 is 4.74 Å². The molecule has 1 amide bonds. The number of amides is 1. The number of carbonyl (C=O) groups is 2. The summed E-state index contributed by atoms with van der Waals surface area (Å²) in [6.07, 6.45) is 5.06. The van der Waals surface area contributed by atoms with Crippen LogP contribution in [0.4, 0.5) is 0 Å². The van der Waals surface area contributed by atoms with Crippen LogP contribution in [0.2, 0.25) is 0 Å². The molecule has 1 aliphatic heterocycles. The van der Waals surface area contributed by atoms with E-state index in [0.29, 0.717) is 13.0 Å². The monoisotopic (exact) mass is 407 g/mol. The first-order valence-electron chi connectivity index (χ1n) is 9.47. The topological polar surface area (TPSA) is 90.0 Å². The van der Waals surface area contributed by atoms with E-state index in [0.717, 1.165) is 24.2 Å². The van der Waals surface area contributed by atoms with Crippen molar-refractivity contribution >= 4 is 27.8 Å². The van der Waals surface area contributed by atoms with Crippen LogP contribution in [0.15, 0.2) is 30.3 Å². The molecule has 1 saturated heterocycles. The maximum Gasteiger partial charge on any atom is 0.331 e. The van der Waals surface area contributed by atoms with E-state index in [2.05, 4.69) is 0 Å². The standard InChI is InChI=1S/C20H25NO6S/c1-2-26-18-8-3-15(4-9-18)5-10-20(23)27-13-19(22)21(16-6-7-16)17-11-12-28(24,25)14-17/h3-5,8-10,16-17H,2,6-7,11-14H2,1H3/b10-5+/t17-/m0/s1. The van der Waals surface area contributed by atoms with Crippen LogP contribution >= 0.6 is 0 Å². The maximum absolute atomic E-state index is 12.5. The van der Waals surface area contributed by atoms with Crippen LogP contribution in [-0.2, 0) is 24.2 Å². The van der Waals surface area contributed by atoms with E-state index in [-0.39, 0.29) is 36.1 Å². The Labute approximate surface area is 165 Å². The van der Waals surface area contributed by atoms with Crippen molar-refractivity contribution in [2.75, 3.05) is 24.7 Å². The summed E-state index contributed by atoms with van der Waals surface area (Å²) in [4.78, 5) is 26.1. The third-order valence-corrected chi connectivity index (χ3v) is 6.52. The van der Waals surface area contributed by atoms with E-state index in [1.165, 1.54) is 6.08 Å². The minimum atomic E-state index is -3.08. The quantitative estimate of drug-likeness (QED) is 0.482. The molecule has 28 heavy (non-hydrogen) atoms. The average molecular weight is 407 g/mol. The second kappa shape index (κ2) is 8.77. The summed E-state index contributed by atoms with van der Waals surface area (Å²) in [6, 6.07) is 7.01. The van der Waals surface area contributed by atoms with Crippen LogP contribution in [0.3, 0.4) is 0 Å². The Morgan fingerprint density at radius 2 is 1.86 bits per heavy atom. The van der Waals surface area contributed by atoms with Crippen LogP contribution in [0.5, 0.6) is 5.75 Å². The number of rotatable bonds is 8. The molecule has 1 heterocycles. The van der Waals surface area contributed by atoms with Crippen LogP contribution in [0.1, 0.15) is 31.7 Å². The molecule has 0 unspecified atom stereocenters. The van der Waals surface area contributed by atoms with Gasteiger partial charge in [0.1, 0.15) is 5.75 Å². The molecular formula is C20H25NO6S. The Kier molecular flexibility index (Phi) is 6.39. The van der Waals surface area contributed by atoms with E-state index < -0.39 is 15.8 Å². The van der Waals surface area contributed by atoms with E-state index in [1.54, 1.807) is 23.1 Å². The third kappa shape index (κ3) is 5.58. The molecule has 0 bridgehead atoms. The lowest BCUT2D eigenvalue weighted by atomic mass is 10.2. The van der Waals surface area contributed by atoms with Crippen molar-refractivity contribution < 1.29 is 27.5 Å². The number of hydrogen-bond donors (Lipinski definition) is 0. The van der Waals surface area contributed by atoms with Gasteiger partial charge in [0, 0.05) is 18.2 Å². The second-order valence-corrected chi connectivity index (χ2v) is 9.26. The number of sulfone groups is 1. The minimum Gasteiger partial charge on any atom is -0.494 e. The SMILES string of the molecule is CCOc1ccc(/C=C/C(=O)OCC(=O)N(C2CC2)[C@H]2CCS(=O)(=O)C2)cc1. The Morgan fingerprint density at radius 1 is 1.14 bits per heavy atom. The van der Waals surface area contributed by atoms with Gasteiger partial charge >= 0.3 is 5.97 Å². The molecule has 0 spiro atoms. The second-order valence-electron chi connectivity index (χ2n) is 7.03. The van der Waals surface area contributed by atoms with E-state index in [9.17, 15) is 18.0 Å². The van der Waals surface area contributed by atoms with Gasteiger partial charge in [-0.25, -0.2) is 13.2 Å². The van der Waals surface area contributed by atoms with Crippen molar-refractivity contribution in [2.45, 2.75) is 38.3 Å². The predicted octanol–water partition coefficient (Wildman–Crippen LogP) is 1.82. The summed E-state index contributed by atoms with van der Waals surface area (Å²) in [5, 5.41) is 0. The molecule has 1 aliphatic carbocycles. The van der Waals surface area contributed by atoms with Crippen LogP contribution in [-0.4, -0.2) is 62.0 Å².